The van der Waals surface area contributed by atoms with Crippen molar-refractivity contribution in [2.75, 3.05) is 20.5 Å². The second-order valence-electron chi connectivity index (χ2n) is 3.20. The van der Waals surface area contributed by atoms with Crippen LogP contribution in [0.15, 0.2) is 0 Å². The molecule has 1 aromatic rings. The lowest BCUT2D eigenvalue weighted by atomic mass is 10.2. The van der Waals surface area contributed by atoms with Gasteiger partial charge in [0.25, 0.3) is 21.9 Å². The molecule has 0 radical (unpaired) electrons. The van der Waals surface area contributed by atoms with Gasteiger partial charge >= 0.3 is 0 Å². The Balaban J connectivity index is 3.23. The van der Waals surface area contributed by atoms with Gasteiger partial charge in [-0.15, -0.1) is 0 Å². The summed E-state index contributed by atoms with van der Waals surface area (Å²) in [5, 5.41) is 0. The van der Waals surface area contributed by atoms with Gasteiger partial charge in [-0.3, -0.25) is 4.18 Å². The fourth-order valence-electron chi connectivity index (χ4n) is 1.11. The Hall–Kier alpha value is -1.48. The third kappa shape index (κ3) is 3.26. The Bertz CT molecular complexity index is 518. The second kappa shape index (κ2) is 5.44. The van der Waals surface area contributed by atoms with Crippen LogP contribution in [-0.2, 0) is 20.9 Å². The molecule has 0 saturated heterocycles. The molecule has 0 atom stereocenters. The van der Waals surface area contributed by atoms with Crippen molar-refractivity contribution in [2.24, 2.45) is 0 Å². The molecule has 1 aromatic heterocycles. The first-order chi connectivity index (χ1) is 8.30. The fraction of sp³-hybridized carbons (Fsp3) is 0.444. The summed E-state index contributed by atoms with van der Waals surface area (Å²) in [6, 6.07) is 0. The number of rotatable bonds is 5. The van der Waals surface area contributed by atoms with E-state index in [1.807, 2.05) is 0 Å². The van der Waals surface area contributed by atoms with E-state index in [1.54, 1.807) is 0 Å². The van der Waals surface area contributed by atoms with Crippen molar-refractivity contribution < 1.29 is 30.9 Å². The lowest BCUT2D eigenvalue weighted by Crippen LogP contribution is -2.09. The summed E-state index contributed by atoms with van der Waals surface area (Å²) in [7, 11) is -1.57. The minimum atomic E-state index is -3.83. The lowest BCUT2D eigenvalue weighted by molar-refractivity contribution is 0.279. The van der Waals surface area contributed by atoms with Gasteiger partial charge in [-0.1, -0.05) is 0 Å². The van der Waals surface area contributed by atoms with E-state index in [0.29, 0.717) is 0 Å². The van der Waals surface area contributed by atoms with E-state index in [9.17, 15) is 17.2 Å². The number of pyridine rings is 1. The predicted molar refractivity (Wildman–Crippen MR) is 56.9 cm³/mol. The maximum Gasteiger partial charge on any atom is 0.264 e. The monoisotopic (exact) mass is 283 g/mol. The van der Waals surface area contributed by atoms with Gasteiger partial charge in [-0.25, -0.2) is 8.78 Å². The Kier molecular flexibility index (Phi) is 4.41. The largest absolute Gasteiger partial charge is 0.479 e. The SMILES string of the molecule is COc1nc(OC)c(F)c(COS(C)(=O)=O)c1F. The van der Waals surface area contributed by atoms with Crippen molar-refractivity contribution in [1.82, 2.24) is 4.98 Å². The summed E-state index contributed by atoms with van der Waals surface area (Å²) in [5.74, 6) is -3.31. The molecule has 1 heterocycles. The molecule has 0 amide bonds. The van der Waals surface area contributed by atoms with Gasteiger partial charge in [-0.2, -0.15) is 13.4 Å². The molecule has 0 saturated carbocycles. The van der Waals surface area contributed by atoms with Crippen LogP contribution in [0.5, 0.6) is 11.8 Å². The van der Waals surface area contributed by atoms with Crippen LogP contribution in [0.1, 0.15) is 5.56 Å². The zero-order chi connectivity index (χ0) is 13.9. The zero-order valence-corrected chi connectivity index (χ0v) is 10.7. The summed E-state index contributed by atoms with van der Waals surface area (Å²) in [6.07, 6.45) is 0.762. The Morgan fingerprint density at radius 2 is 1.56 bits per heavy atom. The van der Waals surface area contributed by atoms with Gasteiger partial charge in [-0.05, 0) is 0 Å². The molecule has 9 heteroatoms. The fourth-order valence-corrected chi connectivity index (χ4v) is 1.44. The standard InChI is InChI=1S/C9H11F2NO5S/c1-15-8-6(10)5(4-17-18(3,13)14)7(11)9(12-8)16-2/h4H2,1-3H3. The van der Waals surface area contributed by atoms with E-state index < -0.39 is 45.7 Å². The smallest absolute Gasteiger partial charge is 0.264 e. The van der Waals surface area contributed by atoms with Gasteiger partial charge in [0, 0.05) is 0 Å². The van der Waals surface area contributed by atoms with Gasteiger partial charge < -0.3 is 9.47 Å². The maximum absolute atomic E-state index is 13.7. The predicted octanol–water partition coefficient (Wildman–Crippen LogP) is 0.853. The zero-order valence-electron chi connectivity index (χ0n) is 9.86. The summed E-state index contributed by atoms with van der Waals surface area (Å²) in [4.78, 5) is 3.41. The molecular formula is C9H11F2NO5S. The Labute approximate surface area is 103 Å². The first-order valence-electron chi connectivity index (χ1n) is 4.60. The van der Waals surface area contributed by atoms with Crippen molar-refractivity contribution in [3.63, 3.8) is 0 Å². The molecule has 102 valence electrons. The molecule has 0 spiro atoms. The van der Waals surface area contributed by atoms with Crippen LogP contribution < -0.4 is 9.47 Å². The van der Waals surface area contributed by atoms with Crippen LogP contribution >= 0.6 is 0 Å². The van der Waals surface area contributed by atoms with Crippen molar-refractivity contribution in [3.05, 3.63) is 17.2 Å². The van der Waals surface area contributed by atoms with Crippen molar-refractivity contribution in [1.29, 1.82) is 0 Å². The van der Waals surface area contributed by atoms with Crippen LogP contribution in [0, 0.1) is 11.6 Å². The first kappa shape index (κ1) is 14.6. The molecule has 0 unspecified atom stereocenters. The summed E-state index contributed by atoms with van der Waals surface area (Å²) in [6.45, 7) is -0.814. The van der Waals surface area contributed by atoms with E-state index >= 15 is 0 Å². The molecule has 0 aliphatic carbocycles. The van der Waals surface area contributed by atoms with E-state index in [1.165, 1.54) is 0 Å². The van der Waals surface area contributed by atoms with Gasteiger partial charge in [0.15, 0.2) is 11.6 Å². The highest BCUT2D eigenvalue weighted by molar-refractivity contribution is 7.85. The minimum absolute atomic E-state index is 0.514. The Morgan fingerprint density at radius 1 is 1.11 bits per heavy atom. The number of aromatic nitrogens is 1. The molecular weight excluding hydrogens is 272 g/mol. The molecule has 18 heavy (non-hydrogen) atoms. The van der Waals surface area contributed by atoms with Crippen LogP contribution in [0.3, 0.4) is 0 Å². The Morgan fingerprint density at radius 3 is 1.89 bits per heavy atom. The highest BCUT2D eigenvalue weighted by Gasteiger charge is 2.22. The van der Waals surface area contributed by atoms with E-state index in [2.05, 4.69) is 18.6 Å². The van der Waals surface area contributed by atoms with Crippen LogP contribution in [0.25, 0.3) is 0 Å². The third-order valence-corrected chi connectivity index (χ3v) is 2.46. The van der Waals surface area contributed by atoms with Gasteiger partial charge in [0.2, 0.25) is 0 Å². The lowest BCUT2D eigenvalue weighted by Gasteiger charge is -2.10. The number of halogens is 2. The maximum atomic E-state index is 13.7. The van der Waals surface area contributed by atoms with Crippen LogP contribution in [-0.4, -0.2) is 33.9 Å². The van der Waals surface area contributed by atoms with E-state index in [0.717, 1.165) is 20.5 Å². The number of hydrogen-bond donors (Lipinski definition) is 0. The first-order valence-corrected chi connectivity index (χ1v) is 6.42. The normalized spacial score (nSPS) is 11.4. The quantitative estimate of drug-likeness (QED) is 0.746. The average molecular weight is 283 g/mol. The molecule has 0 aromatic carbocycles. The highest BCUT2D eigenvalue weighted by Crippen LogP contribution is 2.28. The van der Waals surface area contributed by atoms with Crippen molar-refractivity contribution in [3.8, 4) is 11.8 Å². The highest BCUT2D eigenvalue weighted by atomic mass is 32.2. The van der Waals surface area contributed by atoms with Crippen molar-refractivity contribution in [2.45, 2.75) is 6.61 Å². The summed E-state index contributed by atoms with van der Waals surface area (Å²) < 4.78 is 62.4. The molecule has 1 rings (SSSR count). The van der Waals surface area contributed by atoms with Crippen LogP contribution in [0.2, 0.25) is 0 Å². The summed E-state index contributed by atoms with van der Waals surface area (Å²) in [5.41, 5.74) is -0.635. The number of hydrogen-bond acceptors (Lipinski definition) is 6. The molecule has 0 fully saturated rings. The molecule has 0 aliphatic rings. The number of nitrogens with zero attached hydrogens (tertiary/aromatic N) is 1. The van der Waals surface area contributed by atoms with Crippen molar-refractivity contribution >= 4 is 10.1 Å². The van der Waals surface area contributed by atoms with E-state index in [-0.39, 0.29) is 0 Å². The minimum Gasteiger partial charge on any atom is -0.479 e. The molecule has 0 bridgehead atoms. The second-order valence-corrected chi connectivity index (χ2v) is 4.85. The van der Waals surface area contributed by atoms with Gasteiger partial charge in [0.05, 0.1) is 32.6 Å². The van der Waals surface area contributed by atoms with E-state index in [4.69, 9.17) is 0 Å². The average Bonchev–Trinajstić information content (AvgIpc) is 2.28. The molecule has 6 nitrogen and oxygen atoms in total. The third-order valence-electron chi connectivity index (χ3n) is 1.91. The summed E-state index contributed by atoms with van der Waals surface area (Å²) >= 11 is 0. The molecule has 0 aliphatic heterocycles. The number of ether oxygens (including phenoxy) is 2. The van der Waals surface area contributed by atoms with Gasteiger partial charge in [0.1, 0.15) is 0 Å². The topological polar surface area (TPSA) is 74.7 Å². The molecule has 0 N–H and O–H groups in total. The van der Waals surface area contributed by atoms with Crippen LogP contribution in [0.4, 0.5) is 8.78 Å². The number of methoxy groups -OCH3 is 2.